The zero-order chi connectivity index (χ0) is 10.3. The van der Waals surface area contributed by atoms with E-state index in [4.69, 9.17) is 0 Å². The second kappa shape index (κ2) is 3.07. The fourth-order valence-corrected chi connectivity index (χ4v) is 1.64. The highest BCUT2D eigenvalue weighted by molar-refractivity contribution is 6.12. The van der Waals surface area contributed by atoms with Gasteiger partial charge in [0.15, 0.2) is 5.78 Å². The molecule has 0 saturated carbocycles. The molecule has 1 aliphatic carbocycles. The molecule has 0 spiro atoms. The van der Waals surface area contributed by atoms with E-state index in [2.05, 4.69) is 0 Å². The molecule has 14 heavy (non-hydrogen) atoms. The van der Waals surface area contributed by atoms with Crippen LogP contribution in [-0.4, -0.2) is 10.9 Å². The maximum Gasteiger partial charge on any atom is 0.189 e. The molecule has 0 heterocycles. The molecule has 0 atom stereocenters. The molecule has 2 heteroatoms. The minimum absolute atomic E-state index is 0.0101. The number of carbonyl (C=O) groups excluding carboxylic acids is 1. The maximum absolute atomic E-state index is 11.8. The van der Waals surface area contributed by atoms with E-state index < -0.39 is 0 Å². The second-order valence-corrected chi connectivity index (χ2v) is 3.47. The van der Waals surface area contributed by atoms with E-state index in [0.29, 0.717) is 22.3 Å². The molecule has 0 fully saturated rings. The molecule has 0 saturated heterocycles. The van der Waals surface area contributed by atoms with Crippen LogP contribution < -0.4 is 0 Å². The smallest absolute Gasteiger partial charge is 0.189 e. The predicted octanol–water partition coefficient (Wildman–Crippen LogP) is 2.47. The van der Waals surface area contributed by atoms with Crippen molar-refractivity contribution < 1.29 is 9.90 Å². The van der Waals surface area contributed by atoms with Crippen LogP contribution in [-0.2, 0) is 0 Å². The molecule has 0 unspecified atom stereocenters. The minimum Gasteiger partial charge on any atom is -0.377 e. The van der Waals surface area contributed by atoms with Crippen LogP contribution >= 0.6 is 0 Å². The summed E-state index contributed by atoms with van der Waals surface area (Å²) in [4.78, 5) is 11.8. The normalized spacial score (nSPS) is 17.2. The molecule has 0 amide bonds. The van der Waals surface area contributed by atoms with Gasteiger partial charge in [0, 0.05) is 11.1 Å². The number of rotatable bonds is 0. The lowest BCUT2D eigenvalue weighted by molar-refractivity contribution is 0.102. The van der Waals surface area contributed by atoms with Gasteiger partial charge in [0.05, 0.1) is 0 Å². The lowest BCUT2D eigenvalue weighted by Crippen LogP contribution is -2.18. The van der Waals surface area contributed by atoms with Crippen molar-refractivity contribution in [2.24, 2.45) is 0 Å². The fraction of sp³-hybridized carbons (Fsp3) is 0.167. The van der Waals surface area contributed by atoms with E-state index in [1.165, 1.54) is 0 Å². The number of hydrogen-bond donors (Lipinski definition) is 1. The molecule has 71 valence electrons. The van der Waals surface area contributed by atoms with Crippen LogP contribution in [0.2, 0.25) is 0 Å². The number of Topliss-reactive ketones (excluding diaryl/α,β-unsaturated/α-hetero) is 1. The number of carbonyl (C=O) groups is 1. The molecule has 1 aliphatic rings. The Morgan fingerprint density at radius 3 is 2.21 bits per heavy atom. The molecule has 0 aliphatic heterocycles. The third kappa shape index (κ3) is 1.11. The summed E-state index contributed by atoms with van der Waals surface area (Å²) < 4.78 is 0. The second-order valence-electron chi connectivity index (χ2n) is 3.47. The Morgan fingerprint density at radius 1 is 1.00 bits per heavy atom. The van der Waals surface area contributed by atoms with Crippen LogP contribution in [0.5, 0.6) is 0 Å². The third-order valence-corrected chi connectivity index (χ3v) is 2.69. The first-order valence-corrected chi connectivity index (χ1v) is 4.51. The van der Waals surface area contributed by atoms with Gasteiger partial charge < -0.3 is 5.11 Å². The topological polar surface area (TPSA) is 37.3 Å². The van der Waals surface area contributed by atoms with Crippen molar-refractivity contribution in [2.75, 3.05) is 0 Å². The summed E-state index contributed by atoms with van der Waals surface area (Å²) in [6, 6.07) is 7.12. The Morgan fingerprint density at radius 2 is 1.57 bits per heavy atom. The highest BCUT2D eigenvalue weighted by atomic mass is 16.3. The number of aliphatic hydroxyl groups excluding tert-OH is 1. The van der Waals surface area contributed by atoms with Gasteiger partial charge in [-0.05, 0) is 25.0 Å². The lowest BCUT2D eigenvalue weighted by Gasteiger charge is -2.21. The average Bonchev–Trinajstić information content (AvgIpc) is 2.23. The van der Waals surface area contributed by atoms with Crippen LogP contribution in [0.3, 0.4) is 0 Å². The Kier molecular flexibility index (Phi) is 2.01. The molecule has 1 aromatic carbocycles. The SMILES string of the molecule is CC1=C(C)C(=O)c2ccccc2[C]1O. The van der Waals surface area contributed by atoms with E-state index >= 15 is 0 Å². The largest absolute Gasteiger partial charge is 0.377 e. The van der Waals surface area contributed by atoms with Crippen LogP contribution in [0.4, 0.5) is 0 Å². The Hall–Kier alpha value is -1.41. The van der Waals surface area contributed by atoms with Gasteiger partial charge in [-0.1, -0.05) is 24.3 Å². The van der Waals surface area contributed by atoms with Gasteiger partial charge in [0.25, 0.3) is 0 Å². The van der Waals surface area contributed by atoms with Crippen LogP contribution in [0, 0.1) is 6.10 Å². The monoisotopic (exact) mass is 187 g/mol. The van der Waals surface area contributed by atoms with Crippen LogP contribution in [0.15, 0.2) is 35.4 Å². The van der Waals surface area contributed by atoms with Gasteiger partial charge in [0.1, 0.15) is 6.10 Å². The van der Waals surface area contributed by atoms with E-state index in [9.17, 15) is 9.90 Å². The van der Waals surface area contributed by atoms with E-state index in [1.54, 1.807) is 32.0 Å². The van der Waals surface area contributed by atoms with Gasteiger partial charge in [-0.2, -0.15) is 0 Å². The number of hydrogen-bond acceptors (Lipinski definition) is 2. The fourth-order valence-electron chi connectivity index (χ4n) is 1.64. The molecular weight excluding hydrogens is 176 g/mol. The zero-order valence-corrected chi connectivity index (χ0v) is 8.16. The van der Waals surface area contributed by atoms with Gasteiger partial charge in [-0.3, -0.25) is 4.79 Å². The average molecular weight is 187 g/mol. The maximum atomic E-state index is 11.8. The highest BCUT2D eigenvalue weighted by Crippen LogP contribution is 2.32. The number of benzene rings is 1. The van der Waals surface area contributed by atoms with Gasteiger partial charge in [-0.15, -0.1) is 0 Å². The minimum atomic E-state index is 0.0101. The Bertz CT molecular complexity index is 430. The summed E-state index contributed by atoms with van der Waals surface area (Å²) in [6.45, 7) is 3.50. The van der Waals surface area contributed by atoms with Crippen molar-refractivity contribution in [3.8, 4) is 0 Å². The van der Waals surface area contributed by atoms with Crippen molar-refractivity contribution in [3.63, 3.8) is 0 Å². The molecule has 1 aromatic rings. The van der Waals surface area contributed by atoms with Gasteiger partial charge >= 0.3 is 0 Å². The van der Waals surface area contributed by atoms with E-state index in [1.807, 2.05) is 6.07 Å². The van der Waals surface area contributed by atoms with Crippen molar-refractivity contribution in [3.05, 3.63) is 52.6 Å². The molecule has 0 aromatic heterocycles. The summed E-state index contributed by atoms with van der Waals surface area (Å²) in [6.07, 6.45) is 0.220. The molecule has 2 nitrogen and oxygen atoms in total. The summed E-state index contributed by atoms with van der Waals surface area (Å²) in [5.74, 6) is 0.0101. The number of fused-ring (bicyclic) bond motifs is 1. The highest BCUT2D eigenvalue weighted by Gasteiger charge is 2.27. The molecule has 1 N–H and O–H groups in total. The zero-order valence-electron chi connectivity index (χ0n) is 8.16. The first-order chi connectivity index (χ1) is 6.63. The number of ketones is 1. The summed E-state index contributed by atoms with van der Waals surface area (Å²) in [7, 11) is 0. The van der Waals surface area contributed by atoms with Crippen molar-refractivity contribution in [1.82, 2.24) is 0 Å². The summed E-state index contributed by atoms with van der Waals surface area (Å²) >= 11 is 0. The number of aliphatic hydroxyl groups is 1. The standard InChI is InChI=1S/C12H11O2/c1-7-8(2)12(14)10-6-4-3-5-9(10)11(7)13/h3-6,13H,1-2H3. The van der Waals surface area contributed by atoms with Gasteiger partial charge in [0.2, 0.25) is 0 Å². The molecule has 1 radical (unpaired) electrons. The predicted molar refractivity (Wildman–Crippen MR) is 53.4 cm³/mol. The summed E-state index contributed by atoms with van der Waals surface area (Å²) in [5.41, 5.74) is 2.53. The first kappa shape index (κ1) is 9.16. The lowest BCUT2D eigenvalue weighted by atomic mass is 9.84. The van der Waals surface area contributed by atoms with Crippen LogP contribution in [0.25, 0.3) is 0 Å². The molecule has 2 rings (SSSR count). The van der Waals surface area contributed by atoms with E-state index in [0.717, 1.165) is 0 Å². The third-order valence-electron chi connectivity index (χ3n) is 2.69. The van der Waals surface area contributed by atoms with Crippen molar-refractivity contribution >= 4 is 5.78 Å². The Labute approximate surface area is 82.9 Å². The number of allylic oxidation sites excluding steroid dienone is 1. The Balaban J connectivity index is 2.67. The van der Waals surface area contributed by atoms with Crippen molar-refractivity contribution in [1.29, 1.82) is 0 Å². The first-order valence-electron chi connectivity index (χ1n) is 4.51. The van der Waals surface area contributed by atoms with Gasteiger partial charge in [-0.25, -0.2) is 0 Å². The van der Waals surface area contributed by atoms with Crippen molar-refractivity contribution in [2.45, 2.75) is 13.8 Å². The quantitative estimate of drug-likeness (QED) is 0.677. The summed E-state index contributed by atoms with van der Waals surface area (Å²) in [5, 5.41) is 9.82. The van der Waals surface area contributed by atoms with E-state index in [-0.39, 0.29) is 11.9 Å². The molecular formula is C12H11O2. The van der Waals surface area contributed by atoms with Crippen LogP contribution in [0.1, 0.15) is 29.8 Å². The molecule has 0 bridgehead atoms.